The maximum Gasteiger partial charge on any atom is 0.302 e. The Balaban J connectivity index is 1.94. The summed E-state index contributed by atoms with van der Waals surface area (Å²) in [5, 5.41) is 11.0. The third-order valence-corrected chi connectivity index (χ3v) is 4.93. The molecule has 0 radical (unpaired) electrons. The van der Waals surface area contributed by atoms with Gasteiger partial charge in [0.05, 0.1) is 11.6 Å². The van der Waals surface area contributed by atoms with Crippen LogP contribution in [-0.2, 0) is 9.59 Å². The fraction of sp³-hybridized carbons (Fsp3) is 0.130. The van der Waals surface area contributed by atoms with Gasteiger partial charge < -0.3 is 5.11 Å². The lowest BCUT2D eigenvalue weighted by atomic mass is 9.94. The van der Waals surface area contributed by atoms with Gasteiger partial charge in [0.25, 0.3) is 5.78 Å². The number of aryl methyl sites for hydroxylation is 2. The van der Waals surface area contributed by atoms with Crippen LogP contribution < -0.4 is 4.90 Å². The van der Waals surface area contributed by atoms with Gasteiger partial charge in [-0.15, -0.1) is 0 Å². The van der Waals surface area contributed by atoms with Crippen LogP contribution in [0.25, 0.3) is 5.76 Å². The van der Waals surface area contributed by atoms with Crippen molar-refractivity contribution in [3.63, 3.8) is 0 Å². The summed E-state index contributed by atoms with van der Waals surface area (Å²) in [7, 11) is 0. The summed E-state index contributed by atoms with van der Waals surface area (Å²) < 4.78 is 0. The Morgan fingerprint density at radius 2 is 1.45 bits per heavy atom. The molecule has 1 aromatic heterocycles. The molecule has 1 aliphatic rings. The van der Waals surface area contributed by atoms with Crippen LogP contribution in [-0.4, -0.2) is 26.8 Å². The molecular weight excluding hydrogens is 366 g/mol. The van der Waals surface area contributed by atoms with Crippen LogP contribution in [0.2, 0.25) is 0 Å². The van der Waals surface area contributed by atoms with Crippen LogP contribution in [0, 0.1) is 13.8 Å². The highest BCUT2D eigenvalue weighted by Crippen LogP contribution is 2.40. The van der Waals surface area contributed by atoms with Gasteiger partial charge >= 0.3 is 5.91 Å². The predicted molar refractivity (Wildman–Crippen MR) is 109 cm³/mol. The molecule has 6 heteroatoms. The predicted octanol–water partition coefficient (Wildman–Crippen LogP) is 3.72. The zero-order chi connectivity index (χ0) is 20.5. The molecule has 29 heavy (non-hydrogen) atoms. The largest absolute Gasteiger partial charge is 0.507 e. The number of hydrogen-bond acceptors (Lipinski definition) is 5. The Kier molecular flexibility index (Phi) is 4.68. The molecule has 1 amide bonds. The SMILES string of the molecule is Cc1ccc(/C(O)=C2\C(=O)C(=O)N(c3ncccn3)C2c2ccc(C)cc2)cc1. The highest BCUT2D eigenvalue weighted by atomic mass is 16.3. The van der Waals surface area contributed by atoms with Gasteiger partial charge in [-0.25, -0.2) is 9.97 Å². The first kappa shape index (κ1) is 18.6. The number of carbonyl (C=O) groups is 2. The summed E-state index contributed by atoms with van der Waals surface area (Å²) in [5.74, 6) is -1.63. The molecule has 0 saturated carbocycles. The van der Waals surface area contributed by atoms with E-state index in [1.54, 1.807) is 18.2 Å². The monoisotopic (exact) mass is 385 g/mol. The molecule has 0 spiro atoms. The molecule has 3 aromatic rings. The first-order chi connectivity index (χ1) is 14.0. The molecule has 0 aliphatic carbocycles. The van der Waals surface area contributed by atoms with E-state index in [-0.39, 0.29) is 17.3 Å². The van der Waals surface area contributed by atoms with Gasteiger partial charge in [0.1, 0.15) is 5.76 Å². The maximum absolute atomic E-state index is 13.0. The van der Waals surface area contributed by atoms with Gasteiger partial charge in [-0.3, -0.25) is 14.5 Å². The lowest BCUT2D eigenvalue weighted by Crippen LogP contribution is -2.31. The van der Waals surface area contributed by atoms with E-state index in [2.05, 4.69) is 9.97 Å². The number of Topliss-reactive ketones (excluding diaryl/α,β-unsaturated/α-hetero) is 1. The van der Waals surface area contributed by atoms with E-state index in [1.807, 2.05) is 50.2 Å². The Bertz CT molecular complexity index is 1100. The summed E-state index contributed by atoms with van der Waals surface area (Å²) in [4.78, 5) is 35.4. The maximum atomic E-state index is 13.0. The second kappa shape index (κ2) is 7.31. The van der Waals surface area contributed by atoms with E-state index in [0.29, 0.717) is 11.1 Å². The summed E-state index contributed by atoms with van der Waals surface area (Å²) in [5.41, 5.74) is 3.25. The third-order valence-electron chi connectivity index (χ3n) is 4.93. The molecule has 2 aromatic carbocycles. The number of hydrogen-bond donors (Lipinski definition) is 1. The quantitative estimate of drug-likeness (QED) is 0.422. The number of ketones is 1. The highest BCUT2D eigenvalue weighted by Gasteiger charge is 2.48. The Morgan fingerprint density at radius 1 is 0.897 bits per heavy atom. The van der Waals surface area contributed by atoms with Gasteiger partial charge in [-0.2, -0.15) is 0 Å². The number of aliphatic hydroxyl groups is 1. The van der Waals surface area contributed by atoms with Crippen molar-refractivity contribution >= 4 is 23.4 Å². The molecule has 2 heterocycles. The Hall–Kier alpha value is -3.80. The number of aromatic nitrogens is 2. The van der Waals surface area contributed by atoms with Crippen LogP contribution in [0.5, 0.6) is 0 Å². The number of amides is 1. The van der Waals surface area contributed by atoms with Crippen molar-refractivity contribution in [2.45, 2.75) is 19.9 Å². The lowest BCUT2D eigenvalue weighted by Gasteiger charge is -2.23. The van der Waals surface area contributed by atoms with E-state index >= 15 is 0 Å². The fourth-order valence-electron chi connectivity index (χ4n) is 3.39. The van der Waals surface area contributed by atoms with Crippen molar-refractivity contribution in [1.82, 2.24) is 9.97 Å². The van der Waals surface area contributed by atoms with Gasteiger partial charge in [0.2, 0.25) is 5.95 Å². The highest BCUT2D eigenvalue weighted by molar-refractivity contribution is 6.51. The summed E-state index contributed by atoms with van der Waals surface area (Å²) >= 11 is 0. The second-order valence-electron chi connectivity index (χ2n) is 6.99. The molecule has 1 atom stereocenters. The smallest absolute Gasteiger partial charge is 0.302 e. The number of rotatable bonds is 3. The number of carbonyl (C=O) groups excluding carboxylic acids is 2. The standard InChI is InChI=1S/C23H19N3O3/c1-14-4-8-16(9-5-14)19-18(20(27)17-10-6-15(2)7-11-17)21(28)22(29)26(19)23-24-12-3-13-25-23/h3-13,19,27H,1-2H3/b20-18+. The molecule has 1 saturated heterocycles. The first-order valence-corrected chi connectivity index (χ1v) is 9.19. The third kappa shape index (κ3) is 3.29. The molecule has 6 nitrogen and oxygen atoms in total. The zero-order valence-electron chi connectivity index (χ0n) is 16.0. The van der Waals surface area contributed by atoms with E-state index < -0.39 is 17.7 Å². The molecule has 144 valence electrons. The van der Waals surface area contributed by atoms with E-state index in [0.717, 1.165) is 11.1 Å². The minimum Gasteiger partial charge on any atom is -0.507 e. The van der Waals surface area contributed by atoms with Crippen molar-refractivity contribution in [2.24, 2.45) is 0 Å². The zero-order valence-corrected chi connectivity index (χ0v) is 16.0. The molecule has 4 rings (SSSR count). The number of anilines is 1. The second-order valence-corrected chi connectivity index (χ2v) is 6.99. The topological polar surface area (TPSA) is 83.4 Å². The minimum absolute atomic E-state index is 0.0233. The van der Waals surface area contributed by atoms with Gasteiger partial charge in [0, 0.05) is 18.0 Å². The van der Waals surface area contributed by atoms with Crippen LogP contribution in [0.15, 0.2) is 72.6 Å². The van der Waals surface area contributed by atoms with E-state index in [9.17, 15) is 14.7 Å². The normalized spacial score (nSPS) is 18.3. The van der Waals surface area contributed by atoms with Crippen molar-refractivity contribution in [1.29, 1.82) is 0 Å². The van der Waals surface area contributed by atoms with Gasteiger partial charge in [-0.05, 0) is 25.5 Å². The van der Waals surface area contributed by atoms with Crippen molar-refractivity contribution < 1.29 is 14.7 Å². The summed E-state index contributed by atoms with van der Waals surface area (Å²) in [6.07, 6.45) is 3.02. The fourth-order valence-corrected chi connectivity index (χ4v) is 3.39. The molecule has 1 N–H and O–H groups in total. The summed E-state index contributed by atoms with van der Waals surface area (Å²) in [6, 6.07) is 15.4. The van der Waals surface area contributed by atoms with E-state index in [1.165, 1.54) is 17.3 Å². The van der Waals surface area contributed by atoms with Crippen LogP contribution in [0.1, 0.15) is 28.3 Å². The van der Waals surface area contributed by atoms with Crippen LogP contribution in [0.4, 0.5) is 5.95 Å². The van der Waals surface area contributed by atoms with Crippen molar-refractivity contribution in [2.75, 3.05) is 4.90 Å². The Labute approximate surface area is 168 Å². The Morgan fingerprint density at radius 3 is 2.03 bits per heavy atom. The molecule has 1 fully saturated rings. The van der Waals surface area contributed by atoms with Crippen molar-refractivity contribution in [3.8, 4) is 0 Å². The number of benzene rings is 2. The number of aliphatic hydroxyl groups excluding tert-OH is 1. The lowest BCUT2D eigenvalue weighted by molar-refractivity contribution is -0.132. The van der Waals surface area contributed by atoms with Crippen LogP contribution >= 0.6 is 0 Å². The molecule has 0 bridgehead atoms. The van der Waals surface area contributed by atoms with Gasteiger partial charge in [0.15, 0.2) is 0 Å². The first-order valence-electron chi connectivity index (χ1n) is 9.19. The molecular formula is C23H19N3O3. The van der Waals surface area contributed by atoms with Crippen molar-refractivity contribution in [3.05, 3.63) is 94.8 Å². The molecule has 1 unspecified atom stereocenters. The molecule has 1 aliphatic heterocycles. The number of nitrogens with zero attached hydrogens (tertiary/aromatic N) is 3. The average molecular weight is 385 g/mol. The minimum atomic E-state index is -0.820. The van der Waals surface area contributed by atoms with Gasteiger partial charge in [-0.1, -0.05) is 59.7 Å². The summed E-state index contributed by atoms with van der Waals surface area (Å²) in [6.45, 7) is 3.88. The van der Waals surface area contributed by atoms with E-state index in [4.69, 9.17) is 0 Å². The average Bonchev–Trinajstić information content (AvgIpc) is 3.00. The van der Waals surface area contributed by atoms with Crippen LogP contribution in [0.3, 0.4) is 0 Å².